The normalized spacial score (nSPS) is 20.9. The molecule has 2 aromatic carbocycles. The Labute approximate surface area is 175 Å². The van der Waals surface area contributed by atoms with Crippen LogP contribution in [0.1, 0.15) is 50.1 Å². The first-order chi connectivity index (χ1) is 14.7. The molecular formula is C24H26N2O4. The van der Waals surface area contributed by atoms with Crippen molar-refractivity contribution < 1.29 is 18.8 Å². The van der Waals surface area contributed by atoms with Crippen molar-refractivity contribution in [3.05, 3.63) is 36.0 Å². The van der Waals surface area contributed by atoms with Crippen LogP contribution in [0.5, 0.6) is 5.75 Å². The standard InChI is InChI=1S/C24H26N2O4/c27-17-5-7-20(21(28)15-17)24-23-19-8-6-18(14-16(19)4-9-22(23)30-25-24)29-13-12-26-10-2-1-3-11-26/h4,6,8-9,14,20H,1-3,5,7,10-13,15H2. The summed E-state index contributed by atoms with van der Waals surface area (Å²) in [7, 11) is 0. The molecular weight excluding hydrogens is 380 g/mol. The van der Waals surface area contributed by atoms with Gasteiger partial charge in [0.2, 0.25) is 0 Å². The molecule has 5 rings (SSSR count). The maximum absolute atomic E-state index is 12.5. The Morgan fingerprint density at radius 3 is 2.80 bits per heavy atom. The van der Waals surface area contributed by atoms with E-state index < -0.39 is 0 Å². The number of piperidine rings is 1. The molecule has 1 aliphatic carbocycles. The van der Waals surface area contributed by atoms with Crippen molar-refractivity contribution in [1.29, 1.82) is 0 Å². The summed E-state index contributed by atoms with van der Waals surface area (Å²) in [4.78, 5) is 26.5. The third kappa shape index (κ3) is 3.72. The SMILES string of the molecule is O=C1CCC(c2noc3ccc4cc(OCCN5CCCCC5)ccc4c23)C(=O)C1. The van der Waals surface area contributed by atoms with Crippen LogP contribution in [0.25, 0.3) is 21.7 Å². The van der Waals surface area contributed by atoms with Crippen LogP contribution in [0, 0.1) is 0 Å². The van der Waals surface area contributed by atoms with E-state index in [0.29, 0.717) is 30.7 Å². The highest BCUT2D eigenvalue weighted by atomic mass is 16.5. The molecule has 3 aromatic rings. The maximum atomic E-state index is 12.5. The van der Waals surface area contributed by atoms with Crippen molar-refractivity contribution in [1.82, 2.24) is 10.1 Å². The highest BCUT2D eigenvalue weighted by Gasteiger charge is 2.32. The second-order valence-corrected chi connectivity index (χ2v) is 8.41. The van der Waals surface area contributed by atoms with Gasteiger partial charge < -0.3 is 9.26 Å². The van der Waals surface area contributed by atoms with Crippen molar-refractivity contribution >= 4 is 33.3 Å². The lowest BCUT2D eigenvalue weighted by molar-refractivity contribution is -0.130. The number of ether oxygens (including phenoxy) is 1. The van der Waals surface area contributed by atoms with Crippen molar-refractivity contribution in [2.75, 3.05) is 26.2 Å². The van der Waals surface area contributed by atoms with E-state index in [0.717, 1.165) is 28.5 Å². The Bertz CT molecular complexity index is 1100. The van der Waals surface area contributed by atoms with E-state index in [4.69, 9.17) is 9.26 Å². The summed E-state index contributed by atoms with van der Waals surface area (Å²) in [6, 6.07) is 9.92. The van der Waals surface area contributed by atoms with E-state index in [1.54, 1.807) is 0 Å². The third-order valence-corrected chi connectivity index (χ3v) is 6.38. The predicted molar refractivity (Wildman–Crippen MR) is 114 cm³/mol. The molecule has 1 atom stereocenters. The van der Waals surface area contributed by atoms with Gasteiger partial charge in [0.25, 0.3) is 0 Å². The molecule has 0 spiro atoms. The average molecular weight is 406 g/mol. The van der Waals surface area contributed by atoms with Crippen molar-refractivity contribution in [2.24, 2.45) is 0 Å². The molecule has 30 heavy (non-hydrogen) atoms. The van der Waals surface area contributed by atoms with Crippen molar-refractivity contribution in [3.63, 3.8) is 0 Å². The minimum atomic E-state index is -0.366. The zero-order valence-electron chi connectivity index (χ0n) is 17.1. The number of carbonyl (C=O) groups is 2. The Morgan fingerprint density at radius 2 is 1.97 bits per heavy atom. The van der Waals surface area contributed by atoms with Crippen molar-refractivity contribution in [2.45, 2.75) is 44.4 Å². The fourth-order valence-electron chi connectivity index (χ4n) is 4.74. The number of fused-ring (bicyclic) bond motifs is 3. The number of benzene rings is 2. The van der Waals surface area contributed by atoms with E-state index in [1.807, 2.05) is 30.3 Å². The summed E-state index contributed by atoms with van der Waals surface area (Å²) in [5.74, 6) is 0.433. The van der Waals surface area contributed by atoms with Crippen LogP contribution in [0.4, 0.5) is 0 Å². The molecule has 2 fully saturated rings. The number of hydrogen-bond acceptors (Lipinski definition) is 6. The summed E-state index contributed by atoms with van der Waals surface area (Å²) < 4.78 is 11.5. The number of hydrogen-bond donors (Lipinski definition) is 0. The molecule has 0 bridgehead atoms. The second kappa shape index (κ2) is 8.19. The van der Waals surface area contributed by atoms with Crippen LogP contribution in [0.2, 0.25) is 0 Å². The summed E-state index contributed by atoms with van der Waals surface area (Å²) in [5, 5.41) is 7.13. The van der Waals surface area contributed by atoms with Crippen LogP contribution in [0.3, 0.4) is 0 Å². The summed E-state index contributed by atoms with van der Waals surface area (Å²) >= 11 is 0. The summed E-state index contributed by atoms with van der Waals surface area (Å²) in [6.07, 6.45) is 4.83. The molecule has 0 amide bonds. The molecule has 1 aliphatic heterocycles. The number of Topliss-reactive ketones (excluding diaryl/α,β-unsaturated/α-hetero) is 2. The number of ketones is 2. The Hall–Kier alpha value is -2.73. The minimum Gasteiger partial charge on any atom is -0.492 e. The third-order valence-electron chi connectivity index (χ3n) is 6.38. The van der Waals surface area contributed by atoms with Crippen LogP contribution < -0.4 is 4.74 Å². The quantitative estimate of drug-likeness (QED) is 0.590. The fraction of sp³-hybridized carbons (Fsp3) is 0.458. The molecule has 1 saturated heterocycles. The van der Waals surface area contributed by atoms with Gasteiger partial charge in [0.15, 0.2) is 5.58 Å². The van der Waals surface area contributed by atoms with E-state index >= 15 is 0 Å². The first-order valence-electron chi connectivity index (χ1n) is 10.9. The Kier molecular flexibility index (Phi) is 5.25. The molecule has 0 N–H and O–H groups in total. The molecule has 2 heterocycles. The van der Waals surface area contributed by atoms with E-state index in [1.165, 1.54) is 32.4 Å². The lowest BCUT2D eigenvalue weighted by Gasteiger charge is -2.26. The van der Waals surface area contributed by atoms with Gasteiger partial charge in [-0.3, -0.25) is 14.5 Å². The van der Waals surface area contributed by atoms with Gasteiger partial charge in [0.05, 0.1) is 17.7 Å². The van der Waals surface area contributed by atoms with Crippen LogP contribution in [-0.2, 0) is 9.59 Å². The van der Waals surface area contributed by atoms with E-state index in [2.05, 4.69) is 10.1 Å². The first-order valence-corrected chi connectivity index (χ1v) is 10.9. The Morgan fingerprint density at radius 1 is 1.10 bits per heavy atom. The monoisotopic (exact) mass is 406 g/mol. The van der Waals surface area contributed by atoms with Gasteiger partial charge in [-0.25, -0.2) is 0 Å². The molecule has 1 aromatic heterocycles. The first kappa shape index (κ1) is 19.2. The van der Waals surface area contributed by atoms with Gasteiger partial charge in [0.1, 0.15) is 29.6 Å². The Balaban J connectivity index is 1.39. The zero-order valence-corrected chi connectivity index (χ0v) is 17.1. The maximum Gasteiger partial charge on any atom is 0.167 e. The highest BCUT2D eigenvalue weighted by Crippen LogP contribution is 2.37. The zero-order chi connectivity index (χ0) is 20.5. The summed E-state index contributed by atoms with van der Waals surface area (Å²) in [6.45, 7) is 3.97. The molecule has 6 nitrogen and oxygen atoms in total. The van der Waals surface area contributed by atoms with Crippen LogP contribution in [-0.4, -0.2) is 47.9 Å². The van der Waals surface area contributed by atoms with Gasteiger partial charge in [-0.1, -0.05) is 17.6 Å². The molecule has 2 aliphatic rings. The fourth-order valence-corrected chi connectivity index (χ4v) is 4.74. The molecule has 0 radical (unpaired) electrons. The largest absolute Gasteiger partial charge is 0.492 e. The number of likely N-dealkylation sites (tertiary alicyclic amines) is 1. The minimum absolute atomic E-state index is 0.00120. The van der Waals surface area contributed by atoms with Gasteiger partial charge in [-0.2, -0.15) is 0 Å². The molecule has 1 saturated carbocycles. The van der Waals surface area contributed by atoms with Gasteiger partial charge in [-0.15, -0.1) is 0 Å². The topological polar surface area (TPSA) is 72.6 Å². The van der Waals surface area contributed by atoms with Gasteiger partial charge in [-0.05, 0) is 67.4 Å². The van der Waals surface area contributed by atoms with Crippen molar-refractivity contribution in [3.8, 4) is 5.75 Å². The van der Waals surface area contributed by atoms with Gasteiger partial charge in [0, 0.05) is 13.0 Å². The smallest absolute Gasteiger partial charge is 0.167 e. The van der Waals surface area contributed by atoms with E-state index in [9.17, 15) is 9.59 Å². The number of carbonyl (C=O) groups excluding carboxylic acids is 2. The van der Waals surface area contributed by atoms with Crippen LogP contribution >= 0.6 is 0 Å². The average Bonchev–Trinajstić information content (AvgIpc) is 3.19. The van der Waals surface area contributed by atoms with Crippen LogP contribution in [0.15, 0.2) is 34.9 Å². The lowest BCUT2D eigenvalue weighted by Crippen LogP contribution is -2.33. The van der Waals surface area contributed by atoms with E-state index in [-0.39, 0.29) is 23.9 Å². The lowest BCUT2D eigenvalue weighted by atomic mass is 9.83. The number of rotatable bonds is 5. The molecule has 1 unspecified atom stereocenters. The predicted octanol–water partition coefficient (Wildman–Crippen LogP) is 4.25. The summed E-state index contributed by atoms with van der Waals surface area (Å²) in [5.41, 5.74) is 1.33. The molecule has 6 heteroatoms. The number of nitrogens with zero attached hydrogens (tertiary/aromatic N) is 2. The second-order valence-electron chi connectivity index (χ2n) is 8.41. The van der Waals surface area contributed by atoms with Gasteiger partial charge >= 0.3 is 0 Å². The highest BCUT2D eigenvalue weighted by molar-refractivity contribution is 6.11. The number of aromatic nitrogens is 1. The molecule has 156 valence electrons.